The van der Waals surface area contributed by atoms with Gasteiger partial charge in [0.05, 0.1) is 19.3 Å². The van der Waals surface area contributed by atoms with E-state index < -0.39 is 0 Å². The Balaban J connectivity index is 0.00000242. The van der Waals surface area contributed by atoms with Gasteiger partial charge in [-0.05, 0) is 25.0 Å². The molecule has 7 heteroatoms. The van der Waals surface area contributed by atoms with E-state index in [4.69, 9.17) is 9.15 Å². The highest BCUT2D eigenvalue weighted by Gasteiger charge is 2.36. The van der Waals surface area contributed by atoms with E-state index in [1.54, 1.807) is 6.26 Å². The van der Waals surface area contributed by atoms with Gasteiger partial charge in [-0.15, -0.1) is 24.0 Å². The minimum Gasteiger partial charge on any atom is -0.469 e. The van der Waals surface area contributed by atoms with Gasteiger partial charge < -0.3 is 19.4 Å². The quantitative estimate of drug-likeness (QED) is 0.349. The van der Waals surface area contributed by atoms with Gasteiger partial charge in [0.15, 0.2) is 5.96 Å². The van der Waals surface area contributed by atoms with Crippen molar-refractivity contribution >= 4 is 35.9 Å². The number of rotatable bonds is 4. The maximum Gasteiger partial charge on any atom is 0.310 e. The van der Waals surface area contributed by atoms with Crippen LogP contribution in [0.3, 0.4) is 0 Å². The molecule has 0 spiro atoms. The van der Waals surface area contributed by atoms with E-state index in [0.717, 1.165) is 24.8 Å². The first-order valence-electron chi connectivity index (χ1n) is 7.29. The second kappa shape index (κ2) is 9.02. The third-order valence-electron chi connectivity index (χ3n) is 3.72. The lowest BCUT2D eigenvalue weighted by Gasteiger charge is -2.21. The zero-order valence-electron chi connectivity index (χ0n) is 13.2. The number of carbonyl (C=O) groups excluding carboxylic acids is 1. The number of likely N-dealkylation sites (tertiary alicyclic amines) is 1. The summed E-state index contributed by atoms with van der Waals surface area (Å²) in [4.78, 5) is 18.5. The minimum absolute atomic E-state index is 0. The van der Waals surface area contributed by atoms with Crippen molar-refractivity contribution in [3.63, 3.8) is 0 Å². The highest BCUT2D eigenvalue weighted by molar-refractivity contribution is 14.0. The molecule has 1 N–H and O–H groups in total. The van der Waals surface area contributed by atoms with Gasteiger partial charge in [0.1, 0.15) is 12.3 Å². The number of aliphatic imine (C=N–C) groups is 1. The summed E-state index contributed by atoms with van der Waals surface area (Å²) in [6, 6.07) is 3.75. The number of hydrogen-bond acceptors (Lipinski definition) is 4. The molecule has 1 aromatic heterocycles. The highest BCUT2D eigenvalue weighted by Crippen LogP contribution is 2.24. The van der Waals surface area contributed by atoms with Gasteiger partial charge in [0, 0.05) is 19.6 Å². The lowest BCUT2D eigenvalue weighted by Crippen LogP contribution is -2.40. The number of methoxy groups -OCH3 is 1. The van der Waals surface area contributed by atoms with Crippen LogP contribution in [-0.4, -0.2) is 43.6 Å². The van der Waals surface area contributed by atoms with Crippen molar-refractivity contribution in [2.45, 2.75) is 20.4 Å². The van der Waals surface area contributed by atoms with Crippen LogP contribution < -0.4 is 5.32 Å². The molecule has 0 saturated carbocycles. The van der Waals surface area contributed by atoms with Gasteiger partial charge in [-0.2, -0.15) is 0 Å². The van der Waals surface area contributed by atoms with E-state index in [2.05, 4.69) is 22.1 Å². The number of carbonyl (C=O) groups is 1. The van der Waals surface area contributed by atoms with Crippen molar-refractivity contribution in [1.29, 1.82) is 0 Å². The molecular formula is C15H24IN3O3. The number of esters is 1. The van der Waals surface area contributed by atoms with Crippen molar-refractivity contribution in [1.82, 2.24) is 10.2 Å². The van der Waals surface area contributed by atoms with Gasteiger partial charge in [-0.1, -0.05) is 6.92 Å². The summed E-state index contributed by atoms with van der Waals surface area (Å²) in [5.41, 5.74) is 0. The van der Waals surface area contributed by atoms with E-state index >= 15 is 0 Å². The molecule has 0 aromatic carbocycles. The number of furan rings is 1. The van der Waals surface area contributed by atoms with Gasteiger partial charge in [-0.25, -0.2) is 4.99 Å². The maximum absolute atomic E-state index is 11.8. The van der Waals surface area contributed by atoms with Crippen LogP contribution in [0, 0.1) is 11.8 Å². The Morgan fingerprint density at radius 1 is 1.55 bits per heavy atom. The van der Waals surface area contributed by atoms with Gasteiger partial charge in [0.25, 0.3) is 0 Å². The summed E-state index contributed by atoms with van der Waals surface area (Å²) in [7, 11) is 1.44. The Morgan fingerprint density at radius 3 is 2.91 bits per heavy atom. The summed E-state index contributed by atoms with van der Waals surface area (Å²) >= 11 is 0. The largest absolute Gasteiger partial charge is 0.469 e. The first-order valence-corrected chi connectivity index (χ1v) is 7.29. The molecule has 0 radical (unpaired) electrons. The molecule has 2 unspecified atom stereocenters. The fraction of sp³-hybridized carbons (Fsp3) is 0.600. The molecule has 6 nitrogen and oxygen atoms in total. The number of nitrogens with zero attached hydrogens (tertiary/aromatic N) is 2. The monoisotopic (exact) mass is 421 g/mol. The summed E-state index contributed by atoms with van der Waals surface area (Å²) in [5.74, 6) is 1.65. The van der Waals surface area contributed by atoms with Crippen molar-refractivity contribution in [2.24, 2.45) is 16.8 Å². The lowest BCUT2D eigenvalue weighted by molar-refractivity contribution is -0.145. The van der Waals surface area contributed by atoms with Crippen molar-refractivity contribution in [2.75, 3.05) is 26.7 Å². The van der Waals surface area contributed by atoms with E-state index in [9.17, 15) is 4.79 Å². The average molecular weight is 421 g/mol. The van der Waals surface area contributed by atoms with E-state index in [1.807, 2.05) is 19.1 Å². The standard InChI is InChI=1S/C15H23N3O3.HI/c1-4-16-15(17-8-12-6-5-7-21-12)18-9-11(2)13(10-18)14(19)20-3;/h5-7,11,13H,4,8-10H2,1-3H3,(H,16,17);1H. The molecule has 124 valence electrons. The Morgan fingerprint density at radius 2 is 2.32 bits per heavy atom. The topological polar surface area (TPSA) is 67.1 Å². The molecule has 2 rings (SSSR count). The van der Waals surface area contributed by atoms with Crippen LogP contribution in [0.15, 0.2) is 27.8 Å². The molecule has 1 fully saturated rings. The molecular weight excluding hydrogens is 397 g/mol. The number of guanidine groups is 1. The Kier molecular flexibility index (Phi) is 7.70. The molecule has 22 heavy (non-hydrogen) atoms. The fourth-order valence-electron chi connectivity index (χ4n) is 2.58. The summed E-state index contributed by atoms with van der Waals surface area (Å²) in [6.45, 7) is 6.80. The fourth-order valence-corrected chi connectivity index (χ4v) is 2.58. The predicted octanol–water partition coefficient (Wildman–Crippen LogP) is 2.10. The zero-order chi connectivity index (χ0) is 15.2. The highest BCUT2D eigenvalue weighted by atomic mass is 127. The first-order chi connectivity index (χ1) is 10.2. The Labute approximate surface area is 148 Å². The van der Waals surface area contributed by atoms with Crippen LogP contribution in [0.25, 0.3) is 0 Å². The summed E-state index contributed by atoms with van der Waals surface area (Å²) in [6.07, 6.45) is 1.64. The summed E-state index contributed by atoms with van der Waals surface area (Å²) in [5, 5.41) is 3.27. The van der Waals surface area contributed by atoms with Crippen LogP contribution in [0.1, 0.15) is 19.6 Å². The van der Waals surface area contributed by atoms with E-state index in [0.29, 0.717) is 13.1 Å². The van der Waals surface area contributed by atoms with E-state index in [1.165, 1.54) is 7.11 Å². The third-order valence-corrected chi connectivity index (χ3v) is 3.72. The number of halogens is 1. The molecule has 1 aromatic rings. The first kappa shape index (κ1) is 18.8. The minimum atomic E-state index is -0.146. The molecule has 1 aliphatic heterocycles. The smallest absolute Gasteiger partial charge is 0.310 e. The average Bonchev–Trinajstić information content (AvgIpc) is 3.12. The molecule has 2 atom stereocenters. The lowest BCUT2D eigenvalue weighted by atomic mass is 9.99. The predicted molar refractivity (Wildman–Crippen MR) is 95.2 cm³/mol. The normalized spacial score (nSPS) is 21.4. The van der Waals surface area contributed by atoms with Crippen LogP contribution in [0.4, 0.5) is 0 Å². The SMILES string of the molecule is CCNC(=NCc1ccco1)N1CC(C)C(C(=O)OC)C1.I. The van der Waals surface area contributed by atoms with E-state index in [-0.39, 0.29) is 41.8 Å². The molecule has 1 aliphatic rings. The zero-order valence-corrected chi connectivity index (χ0v) is 15.6. The third kappa shape index (κ3) is 4.62. The second-order valence-electron chi connectivity index (χ2n) is 5.26. The van der Waals surface area contributed by atoms with Crippen LogP contribution in [0.5, 0.6) is 0 Å². The van der Waals surface area contributed by atoms with Crippen molar-refractivity contribution in [3.8, 4) is 0 Å². The maximum atomic E-state index is 11.8. The van der Waals surface area contributed by atoms with Gasteiger partial charge in [-0.3, -0.25) is 4.79 Å². The van der Waals surface area contributed by atoms with Crippen molar-refractivity contribution in [3.05, 3.63) is 24.2 Å². The number of nitrogens with one attached hydrogen (secondary N) is 1. The van der Waals surface area contributed by atoms with Gasteiger partial charge in [0.2, 0.25) is 0 Å². The van der Waals surface area contributed by atoms with Crippen LogP contribution in [-0.2, 0) is 16.1 Å². The molecule has 0 aliphatic carbocycles. The van der Waals surface area contributed by atoms with Crippen LogP contribution in [0.2, 0.25) is 0 Å². The van der Waals surface area contributed by atoms with Crippen molar-refractivity contribution < 1.29 is 13.9 Å². The molecule has 0 bridgehead atoms. The second-order valence-corrected chi connectivity index (χ2v) is 5.26. The number of hydrogen-bond donors (Lipinski definition) is 1. The summed E-state index contributed by atoms with van der Waals surface area (Å²) < 4.78 is 10.2. The Hall–Kier alpha value is -1.25. The molecule has 0 amide bonds. The Bertz CT molecular complexity index is 490. The number of ether oxygens (including phenoxy) is 1. The molecule has 1 saturated heterocycles. The molecule has 2 heterocycles. The van der Waals surface area contributed by atoms with Gasteiger partial charge >= 0.3 is 5.97 Å². The van der Waals surface area contributed by atoms with Crippen LogP contribution >= 0.6 is 24.0 Å².